The molecule has 1 aromatic rings. The third-order valence-electron chi connectivity index (χ3n) is 1.28. The molecule has 0 saturated heterocycles. The van der Waals surface area contributed by atoms with Crippen LogP contribution in [0.1, 0.15) is 5.56 Å². The van der Waals surface area contributed by atoms with Crippen LogP contribution in [-0.2, 0) is 10.8 Å². The molecule has 0 fully saturated rings. The number of hydrogen-bond acceptors (Lipinski definition) is 1. The van der Waals surface area contributed by atoms with Gasteiger partial charge in [0.05, 0.1) is 5.56 Å². The summed E-state index contributed by atoms with van der Waals surface area (Å²) in [6, 6.07) is 8.20. The standard InChI is InChI=1S/C8H7F2O/c1-11-8(9,10)7-5-3-2-4-6-7/h2-5H,1H3. The van der Waals surface area contributed by atoms with E-state index in [9.17, 15) is 8.78 Å². The highest BCUT2D eigenvalue weighted by Gasteiger charge is 2.30. The quantitative estimate of drug-likeness (QED) is 0.639. The lowest BCUT2D eigenvalue weighted by molar-refractivity contribution is -0.231. The first kappa shape index (κ1) is 8.14. The molecule has 59 valence electrons. The molecule has 0 N–H and O–H groups in total. The molecule has 0 aliphatic rings. The molecule has 0 aromatic heterocycles. The lowest BCUT2D eigenvalue weighted by Crippen LogP contribution is -2.15. The van der Waals surface area contributed by atoms with E-state index in [-0.39, 0.29) is 5.56 Å². The Kier molecular flexibility index (Phi) is 2.19. The van der Waals surface area contributed by atoms with Crippen LogP contribution in [0.25, 0.3) is 0 Å². The van der Waals surface area contributed by atoms with Gasteiger partial charge in [0.1, 0.15) is 0 Å². The van der Waals surface area contributed by atoms with Crippen molar-refractivity contribution in [2.75, 3.05) is 7.11 Å². The van der Waals surface area contributed by atoms with Crippen molar-refractivity contribution in [3.63, 3.8) is 0 Å². The lowest BCUT2D eigenvalue weighted by atomic mass is 10.2. The van der Waals surface area contributed by atoms with Crippen LogP contribution in [0.15, 0.2) is 24.3 Å². The second-order valence-corrected chi connectivity index (χ2v) is 2.00. The van der Waals surface area contributed by atoms with Crippen molar-refractivity contribution in [2.24, 2.45) is 0 Å². The molecule has 0 heterocycles. The number of hydrogen-bond donors (Lipinski definition) is 0. The number of benzene rings is 1. The topological polar surface area (TPSA) is 9.23 Å². The van der Waals surface area contributed by atoms with Crippen LogP contribution in [0.3, 0.4) is 0 Å². The fraction of sp³-hybridized carbons (Fsp3) is 0.250. The van der Waals surface area contributed by atoms with Crippen molar-refractivity contribution in [1.82, 2.24) is 0 Å². The van der Waals surface area contributed by atoms with E-state index in [1.165, 1.54) is 18.2 Å². The molecule has 1 radical (unpaired) electrons. The zero-order valence-electron chi connectivity index (χ0n) is 5.97. The molecular weight excluding hydrogens is 150 g/mol. The average molecular weight is 157 g/mol. The van der Waals surface area contributed by atoms with Crippen LogP contribution in [0, 0.1) is 6.07 Å². The van der Waals surface area contributed by atoms with Gasteiger partial charge in [0.15, 0.2) is 0 Å². The summed E-state index contributed by atoms with van der Waals surface area (Å²) in [7, 11) is 0.959. The van der Waals surface area contributed by atoms with Crippen molar-refractivity contribution >= 4 is 0 Å². The molecule has 0 saturated carbocycles. The summed E-state index contributed by atoms with van der Waals surface area (Å²) in [5.41, 5.74) is -0.248. The molecule has 0 atom stereocenters. The van der Waals surface area contributed by atoms with E-state index in [2.05, 4.69) is 10.8 Å². The first-order valence-electron chi connectivity index (χ1n) is 3.07. The van der Waals surface area contributed by atoms with E-state index < -0.39 is 6.11 Å². The van der Waals surface area contributed by atoms with Crippen LogP contribution in [0.5, 0.6) is 0 Å². The van der Waals surface area contributed by atoms with Crippen molar-refractivity contribution < 1.29 is 13.5 Å². The minimum atomic E-state index is -3.22. The molecule has 0 amide bonds. The van der Waals surface area contributed by atoms with Crippen molar-refractivity contribution in [3.05, 3.63) is 35.9 Å². The van der Waals surface area contributed by atoms with Gasteiger partial charge in [0.2, 0.25) is 0 Å². The molecule has 1 aromatic carbocycles. The van der Waals surface area contributed by atoms with Gasteiger partial charge >= 0.3 is 6.11 Å². The van der Waals surface area contributed by atoms with E-state index >= 15 is 0 Å². The van der Waals surface area contributed by atoms with E-state index in [1.54, 1.807) is 6.07 Å². The summed E-state index contributed by atoms with van der Waals surface area (Å²) >= 11 is 0. The van der Waals surface area contributed by atoms with Gasteiger partial charge in [-0.2, -0.15) is 8.78 Å². The normalized spacial score (nSPS) is 11.5. The van der Waals surface area contributed by atoms with Crippen LogP contribution in [-0.4, -0.2) is 7.11 Å². The lowest BCUT2D eigenvalue weighted by Gasteiger charge is -2.12. The largest absolute Gasteiger partial charge is 0.383 e. The molecule has 0 aliphatic heterocycles. The summed E-state index contributed by atoms with van der Waals surface area (Å²) < 4.78 is 29.2. The van der Waals surface area contributed by atoms with Gasteiger partial charge in [-0.05, 0) is 12.1 Å². The Labute approximate surface area is 63.6 Å². The molecule has 0 aliphatic carbocycles. The zero-order valence-corrected chi connectivity index (χ0v) is 5.97. The number of alkyl halides is 2. The van der Waals surface area contributed by atoms with Crippen LogP contribution >= 0.6 is 0 Å². The van der Waals surface area contributed by atoms with Gasteiger partial charge in [-0.15, -0.1) is 0 Å². The van der Waals surface area contributed by atoms with Crippen molar-refractivity contribution in [1.29, 1.82) is 0 Å². The van der Waals surface area contributed by atoms with Gasteiger partial charge in [-0.25, -0.2) is 0 Å². The highest BCUT2D eigenvalue weighted by molar-refractivity contribution is 5.16. The fourth-order valence-electron chi connectivity index (χ4n) is 0.684. The number of ether oxygens (including phenoxy) is 1. The molecule has 11 heavy (non-hydrogen) atoms. The smallest absolute Gasteiger partial charge is 0.320 e. The van der Waals surface area contributed by atoms with Gasteiger partial charge in [-0.1, -0.05) is 18.2 Å². The SMILES string of the molecule is COC(F)(F)c1[c]cccc1. The number of methoxy groups -OCH3 is 1. The van der Waals surface area contributed by atoms with E-state index in [4.69, 9.17) is 0 Å². The van der Waals surface area contributed by atoms with Crippen molar-refractivity contribution in [2.45, 2.75) is 6.11 Å². The highest BCUT2D eigenvalue weighted by Crippen LogP contribution is 2.27. The maximum atomic E-state index is 12.6. The van der Waals surface area contributed by atoms with E-state index in [0.717, 1.165) is 7.11 Å². The maximum absolute atomic E-state index is 12.6. The van der Waals surface area contributed by atoms with Crippen molar-refractivity contribution in [3.8, 4) is 0 Å². The van der Waals surface area contributed by atoms with E-state index in [0.29, 0.717) is 0 Å². The minimum absolute atomic E-state index is 0.248. The summed E-state index contributed by atoms with van der Waals surface area (Å²) in [6.45, 7) is 0. The van der Waals surface area contributed by atoms with E-state index in [1.807, 2.05) is 0 Å². The summed E-state index contributed by atoms with van der Waals surface area (Å²) in [5.74, 6) is 0. The Bertz CT molecular complexity index is 221. The Morgan fingerprint density at radius 2 is 2.18 bits per heavy atom. The first-order chi connectivity index (χ1) is 5.17. The highest BCUT2D eigenvalue weighted by atomic mass is 19.3. The Balaban J connectivity index is 2.93. The first-order valence-corrected chi connectivity index (χ1v) is 3.07. The Morgan fingerprint density at radius 3 is 2.64 bits per heavy atom. The van der Waals surface area contributed by atoms with Crippen LogP contribution in [0.2, 0.25) is 0 Å². The predicted octanol–water partition coefficient (Wildman–Crippen LogP) is 2.18. The maximum Gasteiger partial charge on any atom is 0.383 e. The molecular formula is C8H7F2O. The molecule has 0 bridgehead atoms. The predicted molar refractivity (Wildman–Crippen MR) is 36.2 cm³/mol. The molecule has 3 heteroatoms. The van der Waals surface area contributed by atoms with Gasteiger partial charge in [0, 0.05) is 7.11 Å². The van der Waals surface area contributed by atoms with Gasteiger partial charge < -0.3 is 4.74 Å². The minimum Gasteiger partial charge on any atom is -0.320 e. The van der Waals surface area contributed by atoms with Crippen LogP contribution < -0.4 is 0 Å². The second kappa shape index (κ2) is 2.96. The Hall–Kier alpha value is -0.960. The Morgan fingerprint density at radius 1 is 1.45 bits per heavy atom. The molecule has 1 nitrogen and oxygen atoms in total. The van der Waals surface area contributed by atoms with Crippen LogP contribution in [0.4, 0.5) is 8.78 Å². The molecule has 0 spiro atoms. The summed E-state index contributed by atoms with van der Waals surface area (Å²) in [4.78, 5) is 0. The number of rotatable bonds is 2. The molecule has 0 unspecified atom stereocenters. The monoisotopic (exact) mass is 157 g/mol. The van der Waals surface area contributed by atoms with Gasteiger partial charge in [0.25, 0.3) is 0 Å². The number of halogens is 2. The fourth-order valence-corrected chi connectivity index (χ4v) is 0.684. The summed E-state index contributed by atoms with van der Waals surface area (Å²) in [5, 5.41) is 0. The zero-order chi connectivity index (χ0) is 8.32. The molecule has 1 rings (SSSR count). The third kappa shape index (κ3) is 1.74. The second-order valence-electron chi connectivity index (χ2n) is 2.00. The summed E-state index contributed by atoms with van der Waals surface area (Å²) in [6.07, 6.45) is -3.22. The van der Waals surface area contributed by atoms with Gasteiger partial charge in [-0.3, -0.25) is 0 Å². The third-order valence-corrected chi connectivity index (χ3v) is 1.28. The average Bonchev–Trinajstić information content (AvgIpc) is 2.06.